The first-order valence-electron chi connectivity index (χ1n) is 4.30. The summed E-state index contributed by atoms with van der Waals surface area (Å²) >= 11 is 6.63. The van der Waals surface area contributed by atoms with E-state index in [1.54, 1.807) is 6.07 Å². The minimum atomic E-state index is 0.576. The van der Waals surface area contributed by atoms with Gasteiger partial charge in [-0.25, -0.2) is 15.0 Å². The number of rotatable bonds is 1. The summed E-state index contributed by atoms with van der Waals surface area (Å²) in [5, 5.41) is 0. The lowest BCUT2D eigenvalue weighted by molar-refractivity contribution is 1.08. The molecule has 2 heterocycles. The Bertz CT molecular complexity index is 467. The Morgan fingerprint density at radius 1 is 1.07 bits per heavy atom. The number of nitrogens with zero attached hydrogens (tertiary/aromatic N) is 3. The van der Waals surface area contributed by atoms with Crippen molar-refractivity contribution in [2.24, 2.45) is 0 Å². The molecule has 0 fully saturated rings. The van der Waals surface area contributed by atoms with Crippen molar-refractivity contribution in [2.75, 3.05) is 0 Å². The van der Waals surface area contributed by atoms with E-state index in [1.165, 1.54) is 0 Å². The molecule has 0 atom stereocenters. The average Bonchev–Trinajstić information content (AvgIpc) is 2.45. The molecule has 0 spiro atoms. The van der Waals surface area contributed by atoms with Gasteiger partial charge >= 0.3 is 0 Å². The van der Waals surface area contributed by atoms with E-state index in [1.807, 2.05) is 13.8 Å². The maximum Gasteiger partial charge on any atom is 0.197 e. The molecule has 15 heavy (non-hydrogen) atoms. The molecule has 0 amide bonds. The molecule has 2 aromatic rings. The van der Waals surface area contributed by atoms with Crippen molar-refractivity contribution in [3.63, 3.8) is 0 Å². The largest absolute Gasteiger partial charge is 0.339 e. The molecule has 0 radical (unpaired) electrons. The van der Waals surface area contributed by atoms with Crippen molar-refractivity contribution in [3.8, 4) is 11.6 Å². The molecule has 78 valence electrons. The van der Waals surface area contributed by atoms with Crippen LogP contribution >= 0.6 is 31.9 Å². The first kappa shape index (κ1) is 10.8. The van der Waals surface area contributed by atoms with Gasteiger partial charge in [0.1, 0.15) is 9.21 Å². The summed E-state index contributed by atoms with van der Waals surface area (Å²) in [4.78, 5) is 16.0. The van der Waals surface area contributed by atoms with Crippen LogP contribution in [0.3, 0.4) is 0 Å². The van der Waals surface area contributed by atoms with E-state index in [4.69, 9.17) is 0 Å². The van der Waals surface area contributed by atoms with Crippen molar-refractivity contribution < 1.29 is 0 Å². The fourth-order valence-electron chi connectivity index (χ4n) is 1.15. The molecule has 2 aromatic heterocycles. The Kier molecular flexibility index (Phi) is 2.88. The predicted molar refractivity (Wildman–Crippen MR) is 64.5 cm³/mol. The number of H-pyrrole nitrogens is 1. The number of aromatic amines is 1. The third-order valence-corrected chi connectivity index (χ3v) is 2.82. The molecule has 0 saturated heterocycles. The monoisotopic (exact) mass is 330 g/mol. The van der Waals surface area contributed by atoms with Crippen LogP contribution < -0.4 is 0 Å². The van der Waals surface area contributed by atoms with Crippen molar-refractivity contribution >= 4 is 31.9 Å². The van der Waals surface area contributed by atoms with Crippen LogP contribution in [-0.2, 0) is 0 Å². The van der Waals surface area contributed by atoms with Crippen LogP contribution in [0.2, 0.25) is 0 Å². The van der Waals surface area contributed by atoms with Gasteiger partial charge in [-0.05, 0) is 45.7 Å². The van der Waals surface area contributed by atoms with E-state index < -0.39 is 0 Å². The van der Waals surface area contributed by atoms with Gasteiger partial charge in [0.25, 0.3) is 0 Å². The standard InChI is InChI=1S/C9H8Br2N4/c1-4-5(2)13-8(12-4)9-14-6(10)3-7(11)15-9/h3H,1-2H3,(H,12,13). The fourth-order valence-corrected chi connectivity index (χ4v) is 2.23. The highest BCUT2D eigenvalue weighted by Crippen LogP contribution is 2.19. The number of halogens is 2. The second kappa shape index (κ2) is 4.02. The molecular formula is C9H8Br2N4. The summed E-state index contributed by atoms with van der Waals surface area (Å²) in [7, 11) is 0. The van der Waals surface area contributed by atoms with Gasteiger partial charge in [0.15, 0.2) is 11.6 Å². The smallest absolute Gasteiger partial charge is 0.197 e. The Morgan fingerprint density at radius 3 is 2.13 bits per heavy atom. The topological polar surface area (TPSA) is 54.5 Å². The third kappa shape index (κ3) is 2.26. The minimum Gasteiger partial charge on any atom is -0.339 e. The molecule has 0 unspecified atom stereocenters. The summed E-state index contributed by atoms with van der Waals surface area (Å²) in [6.45, 7) is 3.92. The van der Waals surface area contributed by atoms with Crippen molar-refractivity contribution in [1.82, 2.24) is 19.9 Å². The van der Waals surface area contributed by atoms with Gasteiger partial charge < -0.3 is 4.98 Å². The van der Waals surface area contributed by atoms with Gasteiger partial charge in [0.05, 0.1) is 5.69 Å². The van der Waals surface area contributed by atoms with Crippen molar-refractivity contribution in [1.29, 1.82) is 0 Å². The van der Waals surface area contributed by atoms with Crippen molar-refractivity contribution in [3.05, 3.63) is 26.7 Å². The van der Waals surface area contributed by atoms with Crippen LogP contribution in [0.1, 0.15) is 11.4 Å². The number of aromatic nitrogens is 4. The Morgan fingerprint density at radius 2 is 1.67 bits per heavy atom. The number of aryl methyl sites for hydroxylation is 2. The summed E-state index contributed by atoms with van der Waals surface area (Å²) in [6.07, 6.45) is 0. The number of imidazole rings is 1. The predicted octanol–water partition coefficient (Wildman–Crippen LogP) is 3.01. The summed E-state index contributed by atoms with van der Waals surface area (Å²) in [5.74, 6) is 1.26. The second-order valence-electron chi connectivity index (χ2n) is 3.13. The fraction of sp³-hybridized carbons (Fsp3) is 0.222. The Labute approximate surface area is 104 Å². The van der Waals surface area contributed by atoms with Gasteiger partial charge in [-0.2, -0.15) is 0 Å². The van der Waals surface area contributed by atoms with Crippen LogP contribution in [0, 0.1) is 13.8 Å². The molecule has 0 bridgehead atoms. The molecule has 4 nitrogen and oxygen atoms in total. The molecule has 0 aromatic carbocycles. The Balaban J connectivity index is 2.53. The molecular weight excluding hydrogens is 324 g/mol. The van der Waals surface area contributed by atoms with Crippen LogP contribution in [-0.4, -0.2) is 19.9 Å². The van der Waals surface area contributed by atoms with Gasteiger partial charge in [0.2, 0.25) is 0 Å². The van der Waals surface area contributed by atoms with Crippen LogP contribution in [0.4, 0.5) is 0 Å². The lowest BCUT2D eigenvalue weighted by atomic mass is 10.4. The Hall–Kier alpha value is -0.750. The van der Waals surface area contributed by atoms with E-state index in [-0.39, 0.29) is 0 Å². The number of nitrogens with one attached hydrogen (secondary N) is 1. The maximum absolute atomic E-state index is 4.34. The second-order valence-corrected chi connectivity index (χ2v) is 4.76. The van der Waals surface area contributed by atoms with Gasteiger partial charge in [0, 0.05) is 11.8 Å². The molecule has 6 heteroatoms. The van der Waals surface area contributed by atoms with Gasteiger partial charge in [-0.3, -0.25) is 0 Å². The van der Waals surface area contributed by atoms with E-state index in [2.05, 4.69) is 51.8 Å². The van der Waals surface area contributed by atoms with E-state index >= 15 is 0 Å². The first-order chi connectivity index (χ1) is 7.06. The summed E-state index contributed by atoms with van der Waals surface area (Å²) in [6, 6.07) is 1.78. The lowest BCUT2D eigenvalue weighted by Crippen LogP contribution is -1.92. The van der Waals surface area contributed by atoms with Crippen LogP contribution in [0.15, 0.2) is 15.3 Å². The number of hydrogen-bond acceptors (Lipinski definition) is 3. The van der Waals surface area contributed by atoms with E-state index in [0.717, 1.165) is 20.6 Å². The average molecular weight is 332 g/mol. The highest BCUT2D eigenvalue weighted by Gasteiger charge is 2.09. The summed E-state index contributed by atoms with van der Waals surface area (Å²) < 4.78 is 1.46. The first-order valence-corrected chi connectivity index (χ1v) is 5.88. The zero-order valence-electron chi connectivity index (χ0n) is 8.17. The maximum atomic E-state index is 4.34. The summed E-state index contributed by atoms with van der Waals surface area (Å²) in [5.41, 5.74) is 1.99. The lowest BCUT2D eigenvalue weighted by Gasteiger charge is -1.97. The van der Waals surface area contributed by atoms with E-state index in [0.29, 0.717) is 11.6 Å². The van der Waals surface area contributed by atoms with E-state index in [9.17, 15) is 0 Å². The van der Waals surface area contributed by atoms with Crippen LogP contribution in [0.25, 0.3) is 11.6 Å². The SMILES string of the molecule is Cc1nc(-c2nc(Br)cc(Br)n2)[nH]c1C. The molecule has 0 aliphatic heterocycles. The third-order valence-electron chi connectivity index (χ3n) is 2.00. The van der Waals surface area contributed by atoms with Gasteiger partial charge in [-0.15, -0.1) is 0 Å². The van der Waals surface area contributed by atoms with Crippen LogP contribution in [0.5, 0.6) is 0 Å². The zero-order chi connectivity index (χ0) is 11.0. The minimum absolute atomic E-state index is 0.576. The quantitative estimate of drug-likeness (QED) is 0.817. The van der Waals surface area contributed by atoms with Gasteiger partial charge in [-0.1, -0.05) is 0 Å². The molecule has 2 rings (SSSR count). The zero-order valence-corrected chi connectivity index (χ0v) is 11.3. The molecule has 1 N–H and O–H groups in total. The highest BCUT2D eigenvalue weighted by atomic mass is 79.9. The molecule has 0 aliphatic rings. The normalized spacial score (nSPS) is 10.7. The molecule has 0 aliphatic carbocycles. The van der Waals surface area contributed by atoms with Crippen molar-refractivity contribution in [2.45, 2.75) is 13.8 Å². The number of hydrogen-bond donors (Lipinski definition) is 1. The molecule has 0 saturated carbocycles. The highest BCUT2D eigenvalue weighted by molar-refractivity contribution is 9.11.